The number of aromatic nitrogens is 1. The first-order valence-corrected chi connectivity index (χ1v) is 22.4. The number of benzene rings is 4. The number of nitro groups is 1. The Hall–Kier alpha value is -9.21. The molecular formula is C50H54N8O14. The Bertz CT molecular complexity index is 2690. The maximum absolute atomic E-state index is 14.2. The van der Waals surface area contributed by atoms with Crippen LogP contribution in [0.25, 0.3) is 10.9 Å². The number of fused-ring (bicyclic) bond motifs is 1. The number of ether oxygens (including phenoxy) is 5. The molecule has 0 bridgehead atoms. The summed E-state index contributed by atoms with van der Waals surface area (Å²) >= 11 is 0. The van der Waals surface area contributed by atoms with Gasteiger partial charge in [-0.05, 0) is 85.3 Å². The van der Waals surface area contributed by atoms with Crippen molar-refractivity contribution in [3.05, 3.63) is 155 Å². The van der Waals surface area contributed by atoms with Crippen molar-refractivity contribution in [2.24, 2.45) is 0 Å². The van der Waals surface area contributed by atoms with Gasteiger partial charge in [0.1, 0.15) is 50.3 Å². The van der Waals surface area contributed by atoms with Gasteiger partial charge in [0.15, 0.2) is 0 Å². The molecule has 22 nitrogen and oxygen atoms in total. The fourth-order valence-electron chi connectivity index (χ4n) is 6.64. The third kappa shape index (κ3) is 17.7. The summed E-state index contributed by atoms with van der Waals surface area (Å²) in [4.78, 5) is 104. The number of nitro benzene ring substituents is 1. The van der Waals surface area contributed by atoms with Gasteiger partial charge in [0.25, 0.3) is 5.69 Å². The number of aromatic amines is 1. The highest BCUT2D eigenvalue weighted by molar-refractivity contribution is 5.99. The van der Waals surface area contributed by atoms with Gasteiger partial charge < -0.3 is 55.3 Å². The lowest BCUT2D eigenvalue weighted by atomic mass is 10.0. The van der Waals surface area contributed by atoms with E-state index in [1.807, 2.05) is 24.3 Å². The molecule has 3 atom stereocenters. The smallest absolute Gasteiger partial charge is 0.445 e. The first-order valence-electron chi connectivity index (χ1n) is 22.4. The second kappa shape index (κ2) is 27.7. The number of amides is 6. The molecule has 5 rings (SSSR count). The third-order valence-corrected chi connectivity index (χ3v) is 10.3. The number of anilines is 2. The van der Waals surface area contributed by atoms with E-state index in [0.29, 0.717) is 40.9 Å². The molecule has 0 saturated heterocycles. The van der Waals surface area contributed by atoms with Gasteiger partial charge in [-0.2, -0.15) is 0 Å². The average molecular weight is 991 g/mol. The molecule has 0 saturated carbocycles. The summed E-state index contributed by atoms with van der Waals surface area (Å²) in [7, 11) is 0. The highest BCUT2D eigenvalue weighted by Crippen LogP contribution is 2.21. The minimum atomic E-state index is -1.21. The van der Waals surface area contributed by atoms with Crippen molar-refractivity contribution in [1.82, 2.24) is 26.3 Å². The lowest BCUT2D eigenvalue weighted by Gasteiger charge is -2.24. The van der Waals surface area contributed by atoms with Crippen molar-refractivity contribution in [2.75, 3.05) is 30.4 Å². The zero-order chi connectivity index (χ0) is 51.8. The zero-order valence-corrected chi connectivity index (χ0v) is 39.1. The van der Waals surface area contributed by atoms with E-state index in [1.165, 1.54) is 43.3 Å². The van der Waals surface area contributed by atoms with E-state index in [1.54, 1.807) is 54.7 Å². The molecule has 5 aromatic rings. The van der Waals surface area contributed by atoms with Crippen LogP contribution >= 0.6 is 0 Å². The summed E-state index contributed by atoms with van der Waals surface area (Å²) in [6.07, 6.45) is 2.17. The van der Waals surface area contributed by atoms with Crippen LogP contribution in [-0.2, 0) is 53.0 Å². The third-order valence-electron chi connectivity index (χ3n) is 10.3. The Morgan fingerprint density at radius 2 is 1.28 bits per heavy atom. The summed E-state index contributed by atoms with van der Waals surface area (Å²) in [6, 6.07) is 21.6. The number of alkyl carbamates (subject to hydrolysis) is 2. The Balaban J connectivity index is 1.17. The molecule has 72 heavy (non-hydrogen) atoms. The maximum atomic E-state index is 14.2. The van der Waals surface area contributed by atoms with Crippen LogP contribution in [0.5, 0.6) is 5.75 Å². The molecule has 0 radical (unpaired) electrons. The van der Waals surface area contributed by atoms with Crippen LogP contribution < -0.4 is 36.6 Å². The van der Waals surface area contributed by atoms with Crippen molar-refractivity contribution >= 4 is 70.1 Å². The van der Waals surface area contributed by atoms with Crippen molar-refractivity contribution in [1.29, 1.82) is 0 Å². The van der Waals surface area contributed by atoms with E-state index < -0.39 is 65.2 Å². The van der Waals surface area contributed by atoms with Crippen LogP contribution in [0.3, 0.4) is 0 Å². The Kier molecular flexibility index (Phi) is 20.7. The molecular weight excluding hydrogens is 937 g/mol. The minimum Gasteiger partial charge on any atom is -0.445 e. The lowest BCUT2D eigenvalue weighted by molar-refractivity contribution is -0.384. The number of non-ortho nitro benzene ring substituents is 1. The summed E-state index contributed by atoms with van der Waals surface area (Å²) in [5.41, 5.74) is 3.25. The van der Waals surface area contributed by atoms with E-state index in [0.717, 1.165) is 10.9 Å². The average Bonchev–Trinajstić information content (AvgIpc) is 3.78. The van der Waals surface area contributed by atoms with E-state index in [2.05, 4.69) is 50.0 Å². The van der Waals surface area contributed by atoms with Gasteiger partial charge in [0.05, 0.1) is 4.92 Å². The highest BCUT2D eigenvalue weighted by Gasteiger charge is 2.30. The first-order chi connectivity index (χ1) is 34.7. The quantitative estimate of drug-likeness (QED) is 0.00585. The molecule has 6 amide bonds. The molecule has 0 fully saturated rings. The number of rotatable bonds is 25. The van der Waals surface area contributed by atoms with Gasteiger partial charge in [-0.1, -0.05) is 67.8 Å². The molecule has 0 aliphatic carbocycles. The van der Waals surface area contributed by atoms with Gasteiger partial charge in [-0.3, -0.25) is 29.8 Å². The second-order valence-electron chi connectivity index (χ2n) is 15.7. The normalized spacial score (nSPS) is 11.8. The summed E-state index contributed by atoms with van der Waals surface area (Å²) in [5.74, 6) is -1.88. The maximum Gasteiger partial charge on any atom is 0.514 e. The molecule has 4 aromatic carbocycles. The monoisotopic (exact) mass is 990 g/mol. The van der Waals surface area contributed by atoms with Crippen LogP contribution in [0.15, 0.2) is 129 Å². The molecule has 0 aliphatic rings. The van der Waals surface area contributed by atoms with E-state index >= 15 is 0 Å². The zero-order valence-electron chi connectivity index (χ0n) is 39.1. The molecule has 0 aliphatic heterocycles. The number of para-hydroxylation sites is 1. The summed E-state index contributed by atoms with van der Waals surface area (Å²) in [6.45, 7) is 8.30. The number of H-pyrrole nitrogens is 1. The number of hydrogen-bond acceptors (Lipinski definition) is 14. The van der Waals surface area contributed by atoms with Crippen LogP contribution in [0, 0.1) is 10.1 Å². The molecule has 7 N–H and O–H groups in total. The van der Waals surface area contributed by atoms with Crippen molar-refractivity contribution < 1.29 is 62.2 Å². The lowest BCUT2D eigenvalue weighted by Crippen LogP contribution is -2.56. The van der Waals surface area contributed by atoms with Gasteiger partial charge in [-0.15, -0.1) is 0 Å². The number of hydrogen-bond donors (Lipinski definition) is 7. The molecule has 0 spiro atoms. The van der Waals surface area contributed by atoms with E-state index in [9.17, 15) is 43.7 Å². The fraction of sp³-hybridized carbons (Fsp3) is 0.260. The first kappa shape index (κ1) is 53.7. The van der Waals surface area contributed by atoms with E-state index in [4.69, 9.17) is 23.7 Å². The SMILES string of the molecule is C=CCOC(=O)NCCCC[C@H](NC(=O)[C@H](Cc1c[nH]c2ccccc12)NC(=O)[C@@H](C)NC(=O)OCC=C)C(=O)Nc1ccc(COC(=O)Nc2ccc(COC(=O)Oc3ccc([N+](=O)[O-])cc3)cc2)cc1. The van der Waals surface area contributed by atoms with Crippen LogP contribution in [0.2, 0.25) is 0 Å². The molecule has 1 heterocycles. The second-order valence-corrected chi connectivity index (χ2v) is 15.7. The van der Waals surface area contributed by atoms with Gasteiger partial charge in [-0.25, -0.2) is 19.2 Å². The van der Waals surface area contributed by atoms with Crippen molar-refractivity contribution in [3.8, 4) is 5.75 Å². The number of carbonyl (C=O) groups excluding carboxylic acids is 7. The minimum absolute atomic E-state index is 0.0134. The predicted octanol–water partition coefficient (Wildman–Crippen LogP) is 7.07. The van der Waals surface area contributed by atoms with Gasteiger partial charge >= 0.3 is 24.4 Å². The molecule has 1 aromatic heterocycles. The molecule has 22 heteroatoms. The fourth-order valence-corrected chi connectivity index (χ4v) is 6.64. The van der Waals surface area contributed by atoms with Crippen LogP contribution in [0.1, 0.15) is 42.9 Å². The van der Waals surface area contributed by atoms with Crippen molar-refractivity contribution in [2.45, 2.75) is 63.9 Å². The number of carbonyl (C=O) groups is 7. The van der Waals surface area contributed by atoms with Gasteiger partial charge in [0.2, 0.25) is 17.7 Å². The molecule has 378 valence electrons. The predicted molar refractivity (Wildman–Crippen MR) is 263 cm³/mol. The van der Waals surface area contributed by atoms with Crippen LogP contribution in [-0.4, -0.2) is 89.9 Å². The van der Waals surface area contributed by atoms with Crippen LogP contribution in [0.4, 0.5) is 36.2 Å². The summed E-state index contributed by atoms with van der Waals surface area (Å²) in [5, 5.41) is 27.6. The van der Waals surface area contributed by atoms with E-state index in [-0.39, 0.29) is 57.3 Å². The Morgan fingerprint density at radius 1 is 0.667 bits per heavy atom. The number of nitrogens with zero attached hydrogens (tertiary/aromatic N) is 1. The Labute approximate surface area is 413 Å². The van der Waals surface area contributed by atoms with Gasteiger partial charge in [0, 0.05) is 53.6 Å². The highest BCUT2D eigenvalue weighted by atomic mass is 16.7. The Morgan fingerprint density at radius 3 is 1.93 bits per heavy atom. The standard InChI is InChI=1S/C50H54N8O14/c1-4-26-68-47(62)51-25-9-8-12-42(56-46(61)43(28-35-29-52-41-11-7-6-10-40(35)41)57-44(59)32(3)53-48(63)69-27-5-2)45(60)54-36-17-13-33(14-18-36)30-70-49(64)55-37-19-15-34(16-20-37)31-71-50(65)72-39-23-21-38(22-24-39)58(66)67/h4-7,10-11,13-24,29,32,42-43,52H,1-2,8-9,12,25-28,30-31H2,3H3,(H,51,62)(H,53,63)(H,54,60)(H,55,64)(H,56,61)(H,57,59)/t32-,42+,43+/m1/s1. The molecule has 0 unspecified atom stereocenters. The largest absolute Gasteiger partial charge is 0.514 e. The number of unbranched alkanes of at least 4 members (excludes halogenated alkanes) is 1. The van der Waals surface area contributed by atoms with Crippen molar-refractivity contribution in [3.63, 3.8) is 0 Å². The number of nitrogens with one attached hydrogen (secondary N) is 7. The summed E-state index contributed by atoms with van der Waals surface area (Å²) < 4.78 is 25.4. The topological polar surface area (TPSA) is 297 Å².